The Labute approximate surface area is 108 Å². The molecule has 3 rings (SSSR count). The van der Waals surface area contributed by atoms with E-state index >= 15 is 0 Å². The van der Waals surface area contributed by atoms with Gasteiger partial charge in [0.2, 0.25) is 0 Å². The van der Waals surface area contributed by atoms with Crippen molar-refractivity contribution in [2.75, 3.05) is 5.73 Å². The molecule has 0 saturated heterocycles. The molecule has 0 saturated carbocycles. The van der Waals surface area contributed by atoms with Gasteiger partial charge in [-0.2, -0.15) is 0 Å². The minimum absolute atomic E-state index is 0.118. The second-order valence-corrected chi connectivity index (χ2v) is 4.25. The molecule has 0 aliphatic heterocycles. The summed E-state index contributed by atoms with van der Waals surface area (Å²) in [7, 11) is 0. The first-order valence-electron chi connectivity index (χ1n) is 5.77. The van der Waals surface area contributed by atoms with Gasteiger partial charge >= 0.3 is 0 Å². The molecule has 0 unspecified atom stereocenters. The number of aromatic hydroxyl groups is 1. The van der Waals surface area contributed by atoms with Crippen molar-refractivity contribution >= 4 is 16.7 Å². The van der Waals surface area contributed by atoms with Crippen LogP contribution in [0.3, 0.4) is 0 Å². The lowest BCUT2D eigenvalue weighted by atomic mass is 10.1. The number of phenolic OH excluding ortho intramolecular Hbond substituents is 1. The highest BCUT2D eigenvalue weighted by molar-refractivity contribution is 5.89. The van der Waals surface area contributed by atoms with E-state index < -0.39 is 0 Å². The molecule has 0 aliphatic carbocycles. The predicted octanol–water partition coefficient (Wildman–Crippen LogP) is 2.75. The van der Waals surface area contributed by atoms with E-state index in [9.17, 15) is 9.90 Å². The van der Waals surface area contributed by atoms with Crippen molar-refractivity contribution < 1.29 is 9.52 Å². The van der Waals surface area contributed by atoms with Crippen molar-refractivity contribution in [2.45, 2.75) is 0 Å². The number of benzene rings is 2. The molecule has 4 nitrogen and oxygen atoms in total. The number of hydrogen-bond acceptors (Lipinski definition) is 4. The molecule has 1 aromatic heterocycles. The Morgan fingerprint density at radius 2 is 1.84 bits per heavy atom. The molecule has 0 aliphatic rings. The van der Waals surface area contributed by atoms with E-state index in [4.69, 9.17) is 10.2 Å². The predicted molar refractivity (Wildman–Crippen MR) is 74.0 cm³/mol. The summed E-state index contributed by atoms with van der Waals surface area (Å²) < 4.78 is 5.67. The lowest BCUT2D eigenvalue weighted by molar-refractivity contribution is 0.475. The van der Waals surface area contributed by atoms with Crippen LogP contribution >= 0.6 is 0 Å². The van der Waals surface area contributed by atoms with E-state index in [2.05, 4.69) is 0 Å². The van der Waals surface area contributed by atoms with Gasteiger partial charge in [-0.15, -0.1) is 0 Å². The van der Waals surface area contributed by atoms with E-state index in [0.29, 0.717) is 28.0 Å². The van der Waals surface area contributed by atoms with Gasteiger partial charge in [0.1, 0.15) is 17.1 Å². The molecule has 0 bridgehead atoms. The van der Waals surface area contributed by atoms with Crippen LogP contribution in [0.1, 0.15) is 0 Å². The topological polar surface area (TPSA) is 76.5 Å². The van der Waals surface area contributed by atoms with Crippen LogP contribution in [0, 0.1) is 0 Å². The molecule has 0 radical (unpaired) electrons. The average Bonchev–Trinajstić information content (AvgIpc) is 2.38. The van der Waals surface area contributed by atoms with Crippen LogP contribution in [0.25, 0.3) is 22.3 Å². The van der Waals surface area contributed by atoms with E-state index in [-0.39, 0.29) is 11.2 Å². The van der Waals surface area contributed by atoms with E-state index in [1.54, 1.807) is 36.4 Å². The Morgan fingerprint density at radius 3 is 2.63 bits per heavy atom. The van der Waals surface area contributed by atoms with Crippen LogP contribution in [-0.4, -0.2) is 5.11 Å². The molecule has 0 spiro atoms. The summed E-state index contributed by atoms with van der Waals surface area (Å²) in [5.41, 5.74) is 7.05. The number of fused-ring (bicyclic) bond motifs is 1. The highest BCUT2D eigenvalue weighted by Gasteiger charge is 2.09. The molecule has 3 N–H and O–H groups in total. The average molecular weight is 253 g/mol. The van der Waals surface area contributed by atoms with Crippen molar-refractivity contribution in [3.63, 3.8) is 0 Å². The quantitative estimate of drug-likeness (QED) is 0.654. The molecule has 4 heteroatoms. The highest BCUT2D eigenvalue weighted by Crippen LogP contribution is 2.26. The third kappa shape index (κ3) is 1.93. The Morgan fingerprint density at radius 1 is 1.05 bits per heavy atom. The Balaban J connectivity index is 2.30. The van der Waals surface area contributed by atoms with Crippen LogP contribution in [0.4, 0.5) is 5.69 Å². The van der Waals surface area contributed by atoms with E-state index in [1.165, 1.54) is 12.1 Å². The number of anilines is 1. The Hall–Kier alpha value is -2.75. The van der Waals surface area contributed by atoms with Crippen LogP contribution in [0.5, 0.6) is 5.75 Å². The number of phenols is 1. The van der Waals surface area contributed by atoms with Gasteiger partial charge in [-0.25, -0.2) is 0 Å². The van der Waals surface area contributed by atoms with Gasteiger partial charge in [0.15, 0.2) is 5.43 Å². The van der Waals surface area contributed by atoms with E-state index in [1.807, 2.05) is 0 Å². The zero-order valence-corrected chi connectivity index (χ0v) is 9.96. The van der Waals surface area contributed by atoms with Crippen LogP contribution < -0.4 is 11.2 Å². The van der Waals surface area contributed by atoms with Crippen molar-refractivity contribution in [1.29, 1.82) is 0 Å². The fourth-order valence-electron chi connectivity index (χ4n) is 2.04. The van der Waals surface area contributed by atoms with Crippen molar-refractivity contribution in [3.8, 4) is 17.1 Å². The van der Waals surface area contributed by atoms with Crippen molar-refractivity contribution in [3.05, 3.63) is 58.8 Å². The highest BCUT2D eigenvalue weighted by atomic mass is 16.3. The first kappa shape index (κ1) is 11.3. The second-order valence-electron chi connectivity index (χ2n) is 4.25. The first-order chi connectivity index (χ1) is 9.15. The maximum atomic E-state index is 12.1. The van der Waals surface area contributed by atoms with Crippen molar-refractivity contribution in [2.24, 2.45) is 0 Å². The normalized spacial score (nSPS) is 10.7. The fourth-order valence-corrected chi connectivity index (χ4v) is 2.04. The number of rotatable bonds is 1. The van der Waals surface area contributed by atoms with Gasteiger partial charge < -0.3 is 15.3 Å². The van der Waals surface area contributed by atoms with Gasteiger partial charge in [0.05, 0.1) is 5.39 Å². The summed E-state index contributed by atoms with van der Waals surface area (Å²) in [6, 6.07) is 13.0. The summed E-state index contributed by atoms with van der Waals surface area (Å²) >= 11 is 0. The standard InChI is InChI=1S/C15H11NO3/c16-11-5-2-6-13-15(11)12(18)8-14(19-13)9-3-1-4-10(17)7-9/h1-8,17H,16H2. The summed E-state index contributed by atoms with van der Waals surface area (Å²) in [5.74, 6) is 0.520. The zero-order valence-electron chi connectivity index (χ0n) is 9.96. The van der Waals surface area contributed by atoms with E-state index in [0.717, 1.165) is 0 Å². The molecular weight excluding hydrogens is 242 g/mol. The van der Waals surface area contributed by atoms with Crippen LogP contribution in [-0.2, 0) is 0 Å². The number of nitrogens with two attached hydrogens (primary N) is 1. The lowest BCUT2D eigenvalue weighted by Gasteiger charge is -2.05. The third-order valence-electron chi connectivity index (χ3n) is 2.92. The van der Waals surface area contributed by atoms with Gasteiger partial charge in [-0.05, 0) is 24.3 Å². The summed E-state index contributed by atoms with van der Waals surface area (Å²) in [5, 5.41) is 9.84. The molecular formula is C15H11NO3. The molecule has 94 valence electrons. The largest absolute Gasteiger partial charge is 0.508 e. The SMILES string of the molecule is Nc1cccc2oc(-c3cccc(O)c3)cc(=O)c12. The minimum atomic E-state index is -0.197. The van der Waals surface area contributed by atoms with Crippen LogP contribution in [0.2, 0.25) is 0 Å². The third-order valence-corrected chi connectivity index (χ3v) is 2.92. The fraction of sp³-hybridized carbons (Fsp3) is 0. The van der Waals surface area contributed by atoms with Crippen LogP contribution in [0.15, 0.2) is 57.7 Å². The molecule has 2 aromatic carbocycles. The van der Waals surface area contributed by atoms with Gasteiger partial charge in [0, 0.05) is 17.3 Å². The second kappa shape index (κ2) is 4.17. The zero-order chi connectivity index (χ0) is 13.4. The molecule has 0 fully saturated rings. The number of hydrogen-bond donors (Lipinski definition) is 2. The van der Waals surface area contributed by atoms with Crippen molar-refractivity contribution in [1.82, 2.24) is 0 Å². The Kier molecular flexibility index (Phi) is 2.49. The summed E-state index contributed by atoms with van der Waals surface area (Å²) in [4.78, 5) is 12.1. The number of nitrogen functional groups attached to an aromatic ring is 1. The molecule has 3 aromatic rings. The first-order valence-corrected chi connectivity index (χ1v) is 5.77. The molecule has 19 heavy (non-hydrogen) atoms. The minimum Gasteiger partial charge on any atom is -0.508 e. The maximum absolute atomic E-state index is 12.1. The maximum Gasteiger partial charge on any atom is 0.195 e. The lowest BCUT2D eigenvalue weighted by Crippen LogP contribution is -2.03. The summed E-state index contributed by atoms with van der Waals surface area (Å²) in [6.07, 6.45) is 0. The summed E-state index contributed by atoms with van der Waals surface area (Å²) in [6.45, 7) is 0. The smallest absolute Gasteiger partial charge is 0.195 e. The van der Waals surface area contributed by atoms with Gasteiger partial charge in [-0.3, -0.25) is 4.79 Å². The molecule has 1 heterocycles. The molecule has 0 amide bonds. The molecule has 0 atom stereocenters. The Bertz CT molecular complexity index is 821. The van der Waals surface area contributed by atoms with Gasteiger partial charge in [-0.1, -0.05) is 18.2 Å². The van der Waals surface area contributed by atoms with Gasteiger partial charge in [0.25, 0.3) is 0 Å². The monoisotopic (exact) mass is 253 g/mol.